The number of aryl methyl sites for hydroxylation is 1. The van der Waals surface area contributed by atoms with Gasteiger partial charge in [-0.2, -0.15) is 5.10 Å². The van der Waals surface area contributed by atoms with E-state index < -0.39 is 10.0 Å². The summed E-state index contributed by atoms with van der Waals surface area (Å²) in [6.45, 7) is 2.12. The van der Waals surface area contributed by atoms with Crippen LogP contribution in [0.2, 0.25) is 0 Å². The predicted molar refractivity (Wildman–Crippen MR) is 88.8 cm³/mol. The molecule has 118 valence electrons. The summed E-state index contributed by atoms with van der Waals surface area (Å²) < 4.78 is 28.8. The van der Waals surface area contributed by atoms with Crippen molar-refractivity contribution in [1.29, 1.82) is 0 Å². The highest BCUT2D eigenvalue weighted by molar-refractivity contribution is 7.89. The zero-order valence-corrected chi connectivity index (χ0v) is 13.5. The fraction of sp³-hybridized carbons (Fsp3) is 0.118. The fourth-order valence-electron chi connectivity index (χ4n) is 2.15. The summed E-state index contributed by atoms with van der Waals surface area (Å²) in [5, 5.41) is 4.25. The van der Waals surface area contributed by atoms with Gasteiger partial charge in [-0.25, -0.2) is 17.8 Å². The molecule has 0 unspecified atom stereocenters. The number of para-hydroxylation sites is 1. The minimum Gasteiger partial charge on any atom is -0.241 e. The van der Waals surface area contributed by atoms with Crippen molar-refractivity contribution in [3.8, 4) is 5.69 Å². The summed E-state index contributed by atoms with van der Waals surface area (Å²) in [7, 11) is -3.52. The number of nitrogens with one attached hydrogen (secondary N) is 1. The molecule has 6 heteroatoms. The summed E-state index contributed by atoms with van der Waals surface area (Å²) in [5.41, 5.74) is 2.75. The Kier molecular flexibility index (Phi) is 4.27. The molecule has 0 radical (unpaired) electrons. The predicted octanol–water partition coefficient (Wildman–Crippen LogP) is 2.66. The van der Waals surface area contributed by atoms with Gasteiger partial charge in [0, 0.05) is 18.3 Å². The molecule has 0 fully saturated rings. The molecule has 1 N–H and O–H groups in total. The lowest BCUT2D eigenvalue weighted by Crippen LogP contribution is -2.23. The van der Waals surface area contributed by atoms with E-state index in [9.17, 15) is 8.42 Å². The van der Waals surface area contributed by atoms with Gasteiger partial charge in [-0.15, -0.1) is 0 Å². The van der Waals surface area contributed by atoms with Crippen molar-refractivity contribution < 1.29 is 8.42 Å². The maximum Gasteiger partial charge on any atom is 0.240 e. The molecule has 0 atom stereocenters. The maximum absolute atomic E-state index is 12.3. The van der Waals surface area contributed by atoms with E-state index in [2.05, 4.69) is 9.82 Å². The minimum absolute atomic E-state index is 0.197. The quantitative estimate of drug-likeness (QED) is 0.783. The Labute approximate surface area is 135 Å². The highest BCUT2D eigenvalue weighted by Crippen LogP contribution is 2.12. The third kappa shape index (κ3) is 3.67. The first-order valence-electron chi connectivity index (χ1n) is 7.20. The zero-order valence-electron chi connectivity index (χ0n) is 12.7. The summed E-state index contributed by atoms with van der Waals surface area (Å²) in [5.74, 6) is 0. The average Bonchev–Trinajstić information content (AvgIpc) is 3.03. The molecule has 2 aromatic carbocycles. The van der Waals surface area contributed by atoms with Gasteiger partial charge in [0.2, 0.25) is 10.0 Å². The zero-order chi connectivity index (χ0) is 16.3. The van der Waals surface area contributed by atoms with E-state index in [1.165, 1.54) is 0 Å². The summed E-state index contributed by atoms with van der Waals surface area (Å²) in [4.78, 5) is 0.263. The first kappa shape index (κ1) is 15.5. The van der Waals surface area contributed by atoms with Crippen molar-refractivity contribution in [2.24, 2.45) is 0 Å². The van der Waals surface area contributed by atoms with Crippen LogP contribution >= 0.6 is 0 Å². The van der Waals surface area contributed by atoms with Gasteiger partial charge >= 0.3 is 0 Å². The molecule has 1 heterocycles. The van der Waals surface area contributed by atoms with Crippen LogP contribution in [-0.4, -0.2) is 18.2 Å². The molecule has 1 aromatic heterocycles. The molecular formula is C17H17N3O2S. The summed E-state index contributed by atoms with van der Waals surface area (Å²) >= 11 is 0. The minimum atomic E-state index is -3.52. The van der Waals surface area contributed by atoms with Gasteiger partial charge < -0.3 is 0 Å². The Morgan fingerprint density at radius 2 is 1.74 bits per heavy atom. The van der Waals surface area contributed by atoms with E-state index in [1.54, 1.807) is 35.1 Å². The fourth-order valence-corrected chi connectivity index (χ4v) is 3.17. The number of hydrogen-bond acceptors (Lipinski definition) is 3. The van der Waals surface area contributed by atoms with Gasteiger partial charge in [0.25, 0.3) is 0 Å². The first-order chi connectivity index (χ1) is 11.0. The van der Waals surface area contributed by atoms with Crippen LogP contribution in [0, 0.1) is 6.92 Å². The van der Waals surface area contributed by atoms with Crippen LogP contribution < -0.4 is 4.72 Å². The van der Waals surface area contributed by atoms with E-state index in [-0.39, 0.29) is 11.4 Å². The Balaban J connectivity index is 1.71. The van der Waals surface area contributed by atoms with Crippen molar-refractivity contribution in [3.63, 3.8) is 0 Å². The van der Waals surface area contributed by atoms with Crippen LogP contribution in [0.3, 0.4) is 0 Å². The van der Waals surface area contributed by atoms with Gasteiger partial charge in [-0.3, -0.25) is 0 Å². The van der Waals surface area contributed by atoms with Crippen LogP contribution in [0.15, 0.2) is 71.9 Å². The van der Waals surface area contributed by atoms with Gasteiger partial charge in [0.15, 0.2) is 0 Å². The lowest BCUT2D eigenvalue weighted by atomic mass is 10.2. The Hall–Kier alpha value is -2.44. The van der Waals surface area contributed by atoms with Crippen molar-refractivity contribution in [2.45, 2.75) is 18.4 Å². The third-order valence-corrected chi connectivity index (χ3v) is 4.87. The monoisotopic (exact) mass is 327 g/mol. The van der Waals surface area contributed by atoms with E-state index >= 15 is 0 Å². The van der Waals surface area contributed by atoms with Crippen molar-refractivity contribution >= 4 is 10.0 Å². The number of hydrogen-bond donors (Lipinski definition) is 1. The molecule has 3 aromatic rings. The van der Waals surface area contributed by atoms with Gasteiger partial charge in [0.05, 0.1) is 16.8 Å². The smallest absolute Gasteiger partial charge is 0.240 e. The van der Waals surface area contributed by atoms with E-state index in [4.69, 9.17) is 0 Å². The molecule has 3 rings (SSSR count). The largest absolute Gasteiger partial charge is 0.241 e. The molecule has 0 bridgehead atoms. The molecule has 23 heavy (non-hydrogen) atoms. The van der Waals surface area contributed by atoms with Gasteiger partial charge in [-0.1, -0.05) is 35.9 Å². The second kappa shape index (κ2) is 6.36. The number of sulfonamides is 1. The highest BCUT2D eigenvalue weighted by Gasteiger charge is 2.13. The lowest BCUT2D eigenvalue weighted by Gasteiger charge is -2.05. The topological polar surface area (TPSA) is 64.0 Å². The molecule has 5 nitrogen and oxygen atoms in total. The van der Waals surface area contributed by atoms with Crippen molar-refractivity contribution in [1.82, 2.24) is 14.5 Å². The van der Waals surface area contributed by atoms with E-state index in [1.807, 2.05) is 43.5 Å². The molecule has 0 saturated carbocycles. The number of rotatable bonds is 5. The van der Waals surface area contributed by atoms with E-state index in [0.717, 1.165) is 16.8 Å². The van der Waals surface area contributed by atoms with Crippen molar-refractivity contribution in [3.05, 3.63) is 78.1 Å². The van der Waals surface area contributed by atoms with Crippen LogP contribution in [0.25, 0.3) is 5.69 Å². The van der Waals surface area contributed by atoms with Crippen LogP contribution in [-0.2, 0) is 16.6 Å². The first-order valence-corrected chi connectivity index (χ1v) is 8.68. The molecule has 0 spiro atoms. The van der Waals surface area contributed by atoms with Crippen LogP contribution in [0.1, 0.15) is 11.1 Å². The average molecular weight is 327 g/mol. The SMILES string of the molecule is Cc1ccc(S(=O)(=O)NCc2cnn(-c3ccccc3)c2)cc1. The summed E-state index contributed by atoms with van der Waals surface area (Å²) in [6.07, 6.45) is 3.47. The Morgan fingerprint density at radius 1 is 1.04 bits per heavy atom. The lowest BCUT2D eigenvalue weighted by molar-refractivity contribution is 0.581. The highest BCUT2D eigenvalue weighted by atomic mass is 32.2. The van der Waals surface area contributed by atoms with Gasteiger partial charge in [0.1, 0.15) is 0 Å². The standard InChI is InChI=1S/C17H17N3O2S/c1-14-7-9-17(10-8-14)23(21,22)19-12-15-11-18-20(13-15)16-5-3-2-4-6-16/h2-11,13,19H,12H2,1H3. The molecule has 0 saturated heterocycles. The van der Waals surface area contributed by atoms with Crippen LogP contribution in [0.4, 0.5) is 0 Å². The Bertz CT molecular complexity index is 885. The molecule has 0 amide bonds. The van der Waals surface area contributed by atoms with E-state index in [0.29, 0.717) is 0 Å². The maximum atomic E-state index is 12.3. The Morgan fingerprint density at radius 3 is 2.43 bits per heavy atom. The summed E-state index contributed by atoms with van der Waals surface area (Å²) in [6, 6.07) is 16.4. The van der Waals surface area contributed by atoms with Crippen molar-refractivity contribution in [2.75, 3.05) is 0 Å². The molecule has 0 aliphatic rings. The molecule has 0 aliphatic heterocycles. The molecular weight excluding hydrogens is 310 g/mol. The number of aromatic nitrogens is 2. The second-order valence-corrected chi connectivity index (χ2v) is 7.03. The second-order valence-electron chi connectivity index (χ2n) is 5.27. The number of benzene rings is 2. The third-order valence-electron chi connectivity index (χ3n) is 3.45. The van der Waals surface area contributed by atoms with Crippen LogP contribution in [0.5, 0.6) is 0 Å². The normalized spacial score (nSPS) is 11.5. The molecule has 0 aliphatic carbocycles. The number of nitrogens with zero attached hydrogens (tertiary/aromatic N) is 2. The van der Waals surface area contributed by atoms with Gasteiger partial charge in [-0.05, 0) is 31.2 Å².